The molecule has 16 heteroatoms. The number of nitrogens with one attached hydrogen (secondary N) is 2. The standard InChI is InChI=1S/C35H52N6O10/c1-27(2)29(5)46-22-31(23-48-33(43)11-17-41-19-15-37-25-41)51-35(45)39-13-9-7-6-8-12-38-26-50-30(21-49-34(44)28(3)4)20-47-32(42)10-16-40-18-14-36-24-40/h14-15,18-19,24-25,30-31,38H,1,3,5-13,16-17,20-23,26H2,2,4H3,(H,39,45). The van der Waals surface area contributed by atoms with Gasteiger partial charge in [0.15, 0.2) is 6.10 Å². The van der Waals surface area contributed by atoms with Gasteiger partial charge in [-0.05, 0) is 38.8 Å². The minimum absolute atomic E-state index is 0.0525. The molecule has 0 spiro atoms. The highest BCUT2D eigenvalue weighted by Gasteiger charge is 2.19. The van der Waals surface area contributed by atoms with Crippen molar-refractivity contribution in [2.45, 2.75) is 77.7 Å². The van der Waals surface area contributed by atoms with Crippen LogP contribution in [0.25, 0.3) is 0 Å². The predicted molar refractivity (Wildman–Crippen MR) is 186 cm³/mol. The minimum Gasteiger partial charge on any atom is -0.490 e. The monoisotopic (exact) mass is 716 g/mol. The van der Waals surface area contributed by atoms with E-state index in [2.05, 4.69) is 40.3 Å². The van der Waals surface area contributed by atoms with E-state index in [9.17, 15) is 19.2 Å². The van der Waals surface area contributed by atoms with E-state index in [1.54, 1.807) is 60.4 Å². The lowest BCUT2D eigenvalue weighted by Crippen LogP contribution is -2.35. The summed E-state index contributed by atoms with van der Waals surface area (Å²) >= 11 is 0. The highest BCUT2D eigenvalue weighted by atomic mass is 16.6. The molecule has 2 rings (SSSR count). The number of carbonyl (C=O) groups excluding carboxylic acids is 4. The van der Waals surface area contributed by atoms with Gasteiger partial charge in [0.1, 0.15) is 38.3 Å². The molecule has 51 heavy (non-hydrogen) atoms. The van der Waals surface area contributed by atoms with Crippen molar-refractivity contribution >= 4 is 24.0 Å². The van der Waals surface area contributed by atoms with E-state index >= 15 is 0 Å². The smallest absolute Gasteiger partial charge is 0.407 e. The average Bonchev–Trinajstić information content (AvgIpc) is 3.83. The maximum atomic E-state index is 12.4. The zero-order chi connectivity index (χ0) is 37.3. The number of unbranched alkanes of at least 4 members (excludes halogenated alkanes) is 3. The van der Waals surface area contributed by atoms with Crippen LogP contribution in [0.2, 0.25) is 0 Å². The Labute approximate surface area is 299 Å². The fourth-order valence-electron chi connectivity index (χ4n) is 4.02. The molecule has 16 nitrogen and oxygen atoms in total. The van der Waals surface area contributed by atoms with Gasteiger partial charge in [-0.2, -0.15) is 0 Å². The van der Waals surface area contributed by atoms with Gasteiger partial charge < -0.3 is 42.9 Å². The Bertz CT molecular complexity index is 1360. The molecule has 2 aromatic rings. The van der Waals surface area contributed by atoms with Crippen molar-refractivity contribution in [2.75, 3.05) is 46.2 Å². The van der Waals surface area contributed by atoms with E-state index in [1.165, 1.54) is 0 Å². The number of nitrogens with zero attached hydrogens (tertiary/aromatic N) is 4. The zero-order valence-corrected chi connectivity index (χ0v) is 29.7. The first-order valence-electron chi connectivity index (χ1n) is 16.8. The Kier molecular flexibility index (Phi) is 20.7. The number of ether oxygens (including phenoxy) is 6. The van der Waals surface area contributed by atoms with Crippen LogP contribution in [-0.2, 0) is 55.9 Å². The van der Waals surface area contributed by atoms with Gasteiger partial charge in [0.25, 0.3) is 0 Å². The van der Waals surface area contributed by atoms with Crippen molar-refractivity contribution in [1.29, 1.82) is 0 Å². The Balaban J connectivity index is 1.60. The van der Waals surface area contributed by atoms with E-state index < -0.39 is 36.2 Å². The third-order valence-corrected chi connectivity index (χ3v) is 7.04. The van der Waals surface area contributed by atoms with Gasteiger partial charge in [0.05, 0.1) is 32.2 Å². The second-order valence-electron chi connectivity index (χ2n) is 11.7. The quantitative estimate of drug-likeness (QED) is 0.0249. The molecule has 2 N–H and O–H groups in total. The molecular formula is C35H52N6O10. The second kappa shape index (κ2) is 25.1. The molecule has 0 aliphatic heterocycles. The van der Waals surface area contributed by atoms with Gasteiger partial charge in [-0.1, -0.05) is 32.6 Å². The number of aryl methyl sites for hydroxylation is 2. The molecule has 0 aromatic carbocycles. The van der Waals surface area contributed by atoms with Crippen molar-refractivity contribution in [3.05, 3.63) is 74.1 Å². The summed E-state index contributed by atoms with van der Waals surface area (Å²) < 4.78 is 36.1. The molecule has 2 atom stereocenters. The van der Waals surface area contributed by atoms with Crippen molar-refractivity contribution in [1.82, 2.24) is 29.7 Å². The highest BCUT2D eigenvalue weighted by molar-refractivity contribution is 5.86. The van der Waals surface area contributed by atoms with Crippen molar-refractivity contribution in [2.24, 2.45) is 0 Å². The van der Waals surface area contributed by atoms with Crippen LogP contribution in [0, 0.1) is 0 Å². The lowest BCUT2D eigenvalue weighted by Gasteiger charge is -2.20. The third kappa shape index (κ3) is 20.3. The number of allylic oxidation sites excluding steroid dienone is 1. The van der Waals surface area contributed by atoms with E-state index in [1.807, 2.05) is 0 Å². The highest BCUT2D eigenvalue weighted by Crippen LogP contribution is 2.09. The first kappa shape index (κ1) is 42.2. The van der Waals surface area contributed by atoms with Crippen LogP contribution >= 0.6 is 0 Å². The van der Waals surface area contributed by atoms with E-state index in [-0.39, 0.29) is 51.6 Å². The van der Waals surface area contributed by atoms with Gasteiger partial charge in [0.2, 0.25) is 0 Å². The summed E-state index contributed by atoms with van der Waals surface area (Å²) in [6, 6.07) is 0. The Hall–Kier alpha value is -4.96. The topological polar surface area (TPSA) is 183 Å². The fourth-order valence-corrected chi connectivity index (χ4v) is 4.02. The molecule has 2 aromatic heterocycles. The van der Waals surface area contributed by atoms with Gasteiger partial charge >= 0.3 is 24.0 Å². The molecule has 2 unspecified atom stereocenters. The molecule has 1 amide bonds. The molecule has 0 aliphatic carbocycles. The number of rotatable bonds is 28. The lowest BCUT2D eigenvalue weighted by molar-refractivity contribution is -0.154. The van der Waals surface area contributed by atoms with Crippen LogP contribution in [0.3, 0.4) is 0 Å². The summed E-state index contributed by atoms with van der Waals surface area (Å²) in [5.41, 5.74) is 0.882. The number of aromatic nitrogens is 4. The Morgan fingerprint density at radius 1 is 0.706 bits per heavy atom. The number of imidazole rings is 2. The van der Waals surface area contributed by atoms with Gasteiger partial charge in [-0.25, -0.2) is 19.6 Å². The maximum absolute atomic E-state index is 12.4. The lowest BCUT2D eigenvalue weighted by atomic mass is 10.2. The summed E-state index contributed by atoms with van der Waals surface area (Å²) in [4.78, 5) is 56.5. The van der Waals surface area contributed by atoms with E-state index in [0.29, 0.717) is 37.5 Å². The predicted octanol–water partition coefficient (Wildman–Crippen LogP) is 3.46. The van der Waals surface area contributed by atoms with Gasteiger partial charge in [-0.15, -0.1) is 0 Å². The molecule has 0 radical (unpaired) electrons. The van der Waals surface area contributed by atoms with E-state index in [0.717, 1.165) is 25.7 Å². The number of alkyl carbamates (subject to hydrolysis) is 1. The maximum Gasteiger partial charge on any atom is 0.407 e. The number of hydrogen-bond donors (Lipinski definition) is 2. The number of esters is 3. The molecular weight excluding hydrogens is 664 g/mol. The van der Waals surface area contributed by atoms with Crippen LogP contribution in [0.1, 0.15) is 52.4 Å². The van der Waals surface area contributed by atoms with Crippen LogP contribution < -0.4 is 10.6 Å². The summed E-state index contributed by atoms with van der Waals surface area (Å²) in [6.07, 6.45) is 11.5. The molecule has 0 saturated heterocycles. The Morgan fingerprint density at radius 2 is 1.25 bits per heavy atom. The molecule has 0 saturated carbocycles. The average molecular weight is 717 g/mol. The van der Waals surface area contributed by atoms with Crippen LogP contribution in [0.15, 0.2) is 74.1 Å². The first-order chi connectivity index (χ1) is 24.5. The number of hydrogen-bond acceptors (Lipinski definition) is 13. The molecule has 2 heterocycles. The summed E-state index contributed by atoms with van der Waals surface area (Å²) in [5, 5.41) is 5.88. The minimum atomic E-state index is -0.843. The van der Waals surface area contributed by atoms with Gasteiger partial charge in [0, 0.05) is 50.0 Å². The first-order valence-corrected chi connectivity index (χ1v) is 16.8. The number of carbonyl (C=O) groups is 4. The molecule has 282 valence electrons. The van der Waals surface area contributed by atoms with Crippen molar-refractivity contribution in [3.8, 4) is 0 Å². The molecule has 0 aliphatic rings. The fraction of sp³-hybridized carbons (Fsp3) is 0.543. The van der Waals surface area contributed by atoms with Crippen molar-refractivity contribution in [3.63, 3.8) is 0 Å². The van der Waals surface area contributed by atoms with Crippen LogP contribution in [0.5, 0.6) is 0 Å². The van der Waals surface area contributed by atoms with Crippen LogP contribution in [-0.4, -0.2) is 102 Å². The molecule has 0 bridgehead atoms. The number of amides is 1. The van der Waals surface area contributed by atoms with Crippen LogP contribution in [0.4, 0.5) is 4.79 Å². The zero-order valence-electron chi connectivity index (χ0n) is 29.7. The third-order valence-electron chi connectivity index (χ3n) is 7.04. The summed E-state index contributed by atoms with van der Waals surface area (Å²) in [5.74, 6) is -1.06. The van der Waals surface area contributed by atoms with Crippen molar-refractivity contribution < 1.29 is 47.6 Å². The largest absolute Gasteiger partial charge is 0.490 e. The second-order valence-corrected chi connectivity index (χ2v) is 11.7. The Morgan fingerprint density at radius 3 is 1.80 bits per heavy atom. The van der Waals surface area contributed by atoms with Gasteiger partial charge in [-0.3, -0.25) is 14.9 Å². The summed E-state index contributed by atoms with van der Waals surface area (Å²) in [6.45, 7) is 16.1. The summed E-state index contributed by atoms with van der Waals surface area (Å²) in [7, 11) is 0. The molecule has 0 fully saturated rings. The SMILES string of the molecule is C=C(C)C(=C)OCC(COC(=O)CCn1ccnc1)OC(=O)NCCCCCCNCOC(COC(=O)CCn1ccnc1)COC(=O)C(=C)C. The normalized spacial score (nSPS) is 11.9. The van der Waals surface area contributed by atoms with E-state index in [4.69, 9.17) is 28.4 Å².